The zero-order chi connectivity index (χ0) is 19.6. The normalized spacial score (nSPS) is 15.0. The molecule has 2 aromatic rings. The summed E-state index contributed by atoms with van der Waals surface area (Å²) >= 11 is 0. The molecule has 158 valence electrons. The van der Waals surface area contributed by atoms with E-state index in [0.717, 1.165) is 49.8 Å². The highest BCUT2D eigenvalue weighted by atomic mass is 127. The molecule has 2 N–H and O–H groups in total. The molecule has 5 nitrogen and oxygen atoms in total. The molecule has 1 fully saturated rings. The third-order valence-electron chi connectivity index (χ3n) is 5.10. The van der Waals surface area contributed by atoms with Gasteiger partial charge in [-0.15, -0.1) is 24.0 Å². The summed E-state index contributed by atoms with van der Waals surface area (Å²) in [5.41, 5.74) is 2.51. The van der Waals surface area contributed by atoms with Crippen molar-refractivity contribution in [3.05, 3.63) is 59.8 Å². The number of nitrogens with zero attached hydrogens (tertiary/aromatic N) is 3. The fourth-order valence-corrected chi connectivity index (χ4v) is 3.47. The van der Waals surface area contributed by atoms with Crippen LogP contribution in [0.5, 0.6) is 0 Å². The summed E-state index contributed by atoms with van der Waals surface area (Å²) in [6.07, 6.45) is 6.64. The third kappa shape index (κ3) is 7.84. The Labute approximate surface area is 192 Å². The van der Waals surface area contributed by atoms with Gasteiger partial charge >= 0.3 is 0 Å². The van der Waals surface area contributed by atoms with Crippen LogP contribution in [-0.2, 0) is 13.0 Å². The largest absolute Gasteiger partial charge is 0.357 e. The van der Waals surface area contributed by atoms with Gasteiger partial charge in [0.2, 0.25) is 0 Å². The summed E-state index contributed by atoms with van der Waals surface area (Å²) in [6.45, 7) is 8.04. The average molecular weight is 507 g/mol. The number of aryl methyl sites for hydroxylation is 1. The molecular weight excluding hydrogens is 473 g/mol. The highest BCUT2D eigenvalue weighted by Crippen LogP contribution is 2.17. The second kappa shape index (κ2) is 12.7. The first-order valence-corrected chi connectivity index (χ1v) is 10.5. The van der Waals surface area contributed by atoms with Crippen molar-refractivity contribution in [2.45, 2.75) is 52.1 Å². The maximum atomic E-state index is 4.75. The molecule has 0 aliphatic carbocycles. The highest BCUT2D eigenvalue weighted by molar-refractivity contribution is 14.0. The minimum Gasteiger partial charge on any atom is -0.357 e. The van der Waals surface area contributed by atoms with E-state index in [0.29, 0.717) is 12.6 Å². The molecule has 0 amide bonds. The molecule has 0 radical (unpaired) electrons. The van der Waals surface area contributed by atoms with E-state index in [1.807, 2.05) is 6.20 Å². The number of pyridine rings is 1. The van der Waals surface area contributed by atoms with Crippen molar-refractivity contribution in [2.24, 2.45) is 4.99 Å². The van der Waals surface area contributed by atoms with Crippen molar-refractivity contribution in [1.29, 1.82) is 0 Å². The van der Waals surface area contributed by atoms with Gasteiger partial charge in [0.15, 0.2) is 5.96 Å². The number of benzene rings is 1. The number of aromatic nitrogens is 1. The van der Waals surface area contributed by atoms with Crippen molar-refractivity contribution in [2.75, 3.05) is 24.5 Å². The number of halogens is 1. The smallest absolute Gasteiger partial charge is 0.191 e. The van der Waals surface area contributed by atoms with E-state index in [2.05, 4.69) is 76.8 Å². The number of anilines is 1. The van der Waals surface area contributed by atoms with E-state index in [4.69, 9.17) is 4.99 Å². The van der Waals surface area contributed by atoms with Gasteiger partial charge in [0.25, 0.3) is 0 Å². The van der Waals surface area contributed by atoms with E-state index in [1.54, 1.807) is 0 Å². The fraction of sp³-hybridized carbons (Fsp3) is 0.478. The Morgan fingerprint density at radius 3 is 2.52 bits per heavy atom. The van der Waals surface area contributed by atoms with Gasteiger partial charge in [-0.1, -0.05) is 36.4 Å². The van der Waals surface area contributed by atoms with Gasteiger partial charge in [-0.3, -0.25) is 0 Å². The Kier molecular flexibility index (Phi) is 10.2. The summed E-state index contributed by atoms with van der Waals surface area (Å²) in [6, 6.07) is 15.3. The van der Waals surface area contributed by atoms with Crippen LogP contribution in [0.25, 0.3) is 0 Å². The molecule has 6 heteroatoms. The lowest BCUT2D eigenvalue weighted by atomic mass is 10.1. The predicted octanol–water partition coefficient (Wildman–Crippen LogP) is 4.38. The van der Waals surface area contributed by atoms with Gasteiger partial charge in [-0.25, -0.2) is 9.98 Å². The van der Waals surface area contributed by atoms with Crippen LogP contribution in [0.15, 0.2) is 53.7 Å². The van der Waals surface area contributed by atoms with Gasteiger partial charge < -0.3 is 15.5 Å². The molecule has 1 aliphatic heterocycles. The Morgan fingerprint density at radius 2 is 1.86 bits per heavy atom. The first kappa shape index (κ1) is 23.4. The van der Waals surface area contributed by atoms with Crippen LogP contribution in [0, 0.1) is 0 Å². The molecule has 1 atom stereocenters. The van der Waals surface area contributed by atoms with Gasteiger partial charge in [0, 0.05) is 31.9 Å². The van der Waals surface area contributed by atoms with E-state index < -0.39 is 0 Å². The molecule has 29 heavy (non-hydrogen) atoms. The SMILES string of the molecule is CCNC(=NCc1ccc(N2CCCC2)nc1)NC(C)CCc1ccccc1.I. The molecule has 0 bridgehead atoms. The van der Waals surface area contributed by atoms with Crippen LogP contribution in [0.4, 0.5) is 5.82 Å². The lowest BCUT2D eigenvalue weighted by molar-refractivity contribution is 0.593. The Hall–Kier alpha value is -1.83. The van der Waals surface area contributed by atoms with Crippen LogP contribution in [0.3, 0.4) is 0 Å². The average Bonchev–Trinajstić information content (AvgIpc) is 3.27. The molecular formula is C23H34IN5. The summed E-state index contributed by atoms with van der Waals surface area (Å²) in [7, 11) is 0. The fourth-order valence-electron chi connectivity index (χ4n) is 3.47. The zero-order valence-corrected chi connectivity index (χ0v) is 19.9. The lowest BCUT2D eigenvalue weighted by Crippen LogP contribution is -2.42. The van der Waals surface area contributed by atoms with E-state index >= 15 is 0 Å². The first-order valence-electron chi connectivity index (χ1n) is 10.5. The number of nitrogens with one attached hydrogen (secondary N) is 2. The molecule has 1 unspecified atom stereocenters. The Morgan fingerprint density at radius 1 is 1.10 bits per heavy atom. The maximum Gasteiger partial charge on any atom is 0.191 e. The van der Waals surface area contributed by atoms with Crippen molar-refractivity contribution in [3.8, 4) is 0 Å². The van der Waals surface area contributed by atoms with Crippen molar-refractivity contribution < 1.29 is 0 Å². The number of hydrogen-bond donors (Lipinski definition) is 2. The molecule has 0 saturated carbocycles. The third-order valence-corrected chi connectivity index (χ3v) is 5.10. The molecule has 2 heterocycles. The van der Waals surface area contributed by atoms with Crippen LogP contribution in [0.1, 0.15) is 44.2 Å². The van der Waals surface area contributed by atoms with E-state index in [-0.39, 0.29) is 24.0 Å². The highest BCUT2D eigenvalue weighted by Gasteiger charge is 2.13. The minimum atomic E-state index is 0. The summed E-state index contributed by atoms with van der Waals surface area (Å²) in [5.74, 6) is 1.96. The summed E-state index contributed by atoms with van der Waals surface area (Å²) < 4.78 is 0. The van der Waals surface area contributed by atoms with E-state index in [1.165, 1.54) is 18.4 Å². The summed E-state index contributed by atoms with van der Waals surface area (Å²) in [5, 5.41) is 6.87. The zero-order valence-electron chi connectivity index (χ0n) is 17.6. The topological polar surface area (TPSA) is 52.6 Å². The standard InChI is InChI=1S/C23H33N5.HI/c1-3-24-23(27-19(2)11-12-20-9-5-4-6-10-20)26-18-21-13-14-22(25-17-21)28-15-7-8-16-28;/h4-6,9-10,13-14,17,19H,3,7-8,11-12,15-16,18H2,1-2H3,(H2,24,26,27);1H. The quantitative estimate of drug-likeness (QED) is 0.317. The second-order valence-electron chi connectivity index (χ2n) is 7.48. The minimum absolute atomic E-state index is 0. The lowest BCUT2D eigenvalue weighted by Gasteiger charge is -2.18. The van der Waals surface area contributed by atoms with Gasteiger partial charge in [-0.05, 0) is 56.7 Å². The maximum absolute atomic E-state index is 4.75. The Balaban J connectivity index is 0.00000300. The number of rotatable bonds is 8. The summed E-state index contributed by atoms with van der Waals surface area (Å²) in [4.78, 5) is 11.7. The van der Waals surface area contributed by atoms with Gasteiger partial charge in [0.1, 0.15) is 5.82 Å². The number of guanidine groups is 1. The van der Waals surface area contributed by atoms with Crippen molar-refractivity contribution in [1.82, 2.24) is 15.6 Å². The van der Waals surface area contributed by atoms with Gasteiger partial charge in [-0.2, -0.15) is 0 Å². The monoisotopic (exact) mass is 507 g/mol. The van der Waals surface area contributed by atoms with Crippen LogP contribution in [-0.4, -0.2) is 36.6 Å². The number of aliphatic imine (C=N–C) groups is 1. The van der Waals surface area contributed by atoms with Crippen LogP contribution >= 0.6 is 24.0 Å². The molecule has 1 aliphatic rings. The number of hydrogen-bond acceptors (Lipinski definition) is 3. The molecule has 1 aromatic carbocycles. The van der Waals surface area contributed by atoms with Gasteiger partial charge in [0.05, 0.1) is 6.54 Å². The molecule has 0 spiro atoms. The van der Waals surface area contributed by atoms with Crippen LogP contribution < -0.4 is 15.5 Å². The van der Waals surface area contributed by atoms with Crippen LogP contribution in [0.2, 0.25) is 0 Å². The molecule has 3 rings (SSSR count). The Bertz CT molecular complexity index is 727. The predicted molar refractivity (Wildman–Crippen MR) is 133 cm³/mol. The van der Waals surface area contributed by atoms with Crippen molar-refractivity contribution in [3.63, 3.8) is 0 Å². The second-order valence-corrected chi connectivity index (χ2v) is 7.48. The molecule has 1 aromatic heterocycles. The molecule has 1 saturated heterocycles. The van der Waals surface area contributed by atoms with Crippen molar-refractivity contribution >= 4 is 35.8 Å². The first-order chi connectivity index (χ1) is 13.7. The van der Waals surface area contributed by atoms with E-state index in [9.17, 15) is 0 Å².